The van der Waals surface area contributed by atoms with Crippen molar-refractivity contribution in [3.63, 3.8) is 0 Å². The summed E-state index contributed by atoms with van der Waals surface area (Å²) in [6.07, 6.45) is 4.88. The van der Waals surface area contributed by atoms with Gasteiger partial charge in [0.25, 0.3) is 0 Å². The minimum atomic E-state index is 0.327. The van der Waals surface area contributed by atoms with Crippen molar-refractivity contribution in [1.29, 1.82) is 0 Å². The van der Waals surface area contributed by atoms with Gasteiger partial charge in [0, 0.05) is 29.1 Å². The Morgan fingerprint density at radius 3 is 2.94 bits per heavy atom. The molecule has 0 bridgehead atoms. The highest BCUT2D eigenvalue weighted by molar-refractivity contribution is 6.30. The number of rotatable bonds is 3. The maximum absolute atomic E-state index is 6.14. The summed E-state index contributed by atoms with van der Waals surface area (Å²) >= 11 is 6.14. The van der Waals surface area contributed by atoms with E-state index in [9.17, 15) is 0 Å². The van der Waals surface area contributed by atoms with Crippen LogP contribution in [0.3, 0.4) is 0 Å². The second-order valence-corrected chi connectivity index (χ2v) is 5.86. The van der Waals surface area contributed by atoms with E-state index in [-0.39, 0.29) is 0 Å². The van der Waals surface area contributed by atoms with Crippen LogP contribution in [0.5, 0.6) is 5.75 Å². The monoisotopic (exact) mass is 251 g/mol. The number of ether oxygens (including phenoxy) is 1. The molecule has 0 unspecified atom stereocenters. The minimum absolute atomic E-state index is 0.327. The summed E-state index contributed by atoms with van der Waals surface area (Å²) in [7, 11) is 0. The van der Waals surface area contributed by atoms with Crippen LogP contribution >= 0.6 is 11.6 Å². The van der Waals surface area contributed by atoms with Gasteiger partial charge in [-0.1, -0.05) is 11.6 Å². The predicted molar refractivity (Wildman–Crippen MR) is 69.7 cm³/mol. The van der Waals surface area contributed by atoms with Crippen molar-refractivity contribution in [2.24, 2.45) is 0 Å². The van der Waals surface area contributed by atoms with Crippen LogP contribution in [0, 0.1) is 0 Å². The number of hydrogen-bond acceptors (Lipinski definition) is 2. The van der Waals surface area contributed by atoms with Gasteiger partial charge in [-0.15, -0.1) is 0 Å². The molecule has 2 nitrogen and oxygen atoms in total. The second kappa shape index (κ2) is 4.18. The molecule has 1 N–H and O–H groups in total. The van der Waals surface area contributed by atoms with Crippen LogP contribution in [-0.4, -0.2) is 12.1 Å². The van der Waals surface area contributed by atoms with Crippen LogP contribution in [0.25, 0.3) is 0 Å². The first-order valence-electron chi connectivity index (χ1n) is 6.35. The summed E-state index contributed by atoms with van der Waals surface area (Å²) in [6.45, 7) is 3.95. The first-order valence-corrected chi connectivity index (χ1v) is 6.73. The van der Waals surface area contributed by atoms with Gasteiger partial charge in [-0.05, 0) is 43.9 Å². The van der Waals surface area contributed by atoms with Gasteiger partial charge in [-0.25, -0.2) is 0 Å². The largest absolute Gasteiger partial charge is 0.493 e. The molecule has 2 aliphatic rings. The van der Waals surface area contributed by atoms with Crippen LogP contribution in [0.4, 0.5) is 0 Å². The second-order valence-electron chi connectivity index (χ2n) is 5.42. The van der Waals surface area contributed by atoms with E-state index in [1.807, 2.05) is 12.1 Å². The molecule has 1 aliphatic carbocycles. The third kappa shape index (κ3) is 2.16. The lowest BCUT2D eigenvalue weighted by Crippen LogP contribution is -2.47. The molecule has 3 heteroatoms. The van der Waals surface area contributed by atoms with Gasteiger partial charge in [0.2, 0.25) is 0 Å². The maximum atomic E-state index is 6.14. The van der Waals surface area contributed by atoms with Crippen LogP contribution in [0.1, 0.15) is 37.3 Å². The topological polar surface area (TPSA) is 21.3 Å². The fourth-order valence-corrected chi connectivity index (χ4v) is 2.93. The zero-order valence-electron chi connectivity index (χ0n) is 10.2. The van der Waals surface area contributed by atoms with Gasteiger partial charge in [-0.3, -0.25) is 0 Å². The molecule has 0 atom stereocenters. The molecule has 1 heterocycles. The molecule has 1 aromatic rings. The van der Waals surface area contributed by atoms with Crippen molar-refractivity contribution < 1.29 is 4.74 Å². The highest BCUT2D eigenvalue weighted by Crippen LogP contribution is 2.35. The van der Waals surface area contributed by atoms with Crippen molar-refractivity contribution in [3.8, 4) is 5.75 Å². The molecule has 92 valence electrons. The van der Waals surface area contributed by atoms with Gasteiger partial charge >= 0.3 is 0 Å². The van der Waals surface area contributed by atoms with Crippen LogP contribution in [-0.2, 0) is 13.0 Å². The Balaban J connectivity index is 1.78. The van der Waals surface area contributed by atoms with Crippen LogP contribution in [0.2, 0.25) is 5.02 Å². The van der Waals surface area contributed by atoms with Crippen molar-refractivity contribution in [2.45, 2.75) is 44.7 Å². The number of benzene rings is 1. The molecule has 1 aromatic carbocycles. The van der Waals surface area contributed by atoms with Gasteiger partial charge in [-0.2, -0.15) is 0 Å². The lowest BCUT2D eigenvalue weighted by molar-refractivity contribution is 0.206. The summed E-state index contributed by atoms with van der Waals surface area (Å²) in [4.78, 5) is 0. The molecule has 1 fully saturated rings. The highest BCUT2D eigenvalue weighted by atomic mass is 35.5. The molecule has 0 spiro atoms. The van der Waals surface area contributed by atoms with E-state index in [0.717, 1.165) is 30.3 Å². The molecule has 1 saturated carbocycles. The van der Waals surface area contributed by atoms with Crippen molar-refractivity contribution in [2.75, 3.05) is 6.61 Å². The normalized spacial score (nSPS) is 20.6. The summed E-state index contributed by atoms with van der Waals surface area (Å²) in [5.41, 5.74) is 2.79. The zero-order chi connectivity index (χ0) is 11.9. The lowest BCUT2D eigenvalue weighted by Gasteiger charge is -2.39. The Morgan fingerprint density at radius 2 is 2.24 bits per heavy atom. The fraction of sp³-hybridized carbons (Fsp3) is 0.571. The first kappa shape index (κ1) is 11.4. The summed E-state index contributed by atoms with van der Waals surface area (Å²) in [5.74, 6) is 1.06. The smallest absolute Gasteiger partial charge is 0.127 e. The van der Waals surface area contributed by atoms with E-state index in [1.54, 1.807) is 0 Å². The highest BCUT2D eigenvalue weighted by Gasteiger charge is 2.31. The molecular weight excluding hydrogens is 234 g/mol. The molecule has 0 saturated heterocycles. The van der Waals surface area contributed by atoms with E-state index < -0.39 is 0 Å². The average molecular weight is 252 g/mol. The maximum Gasteiger partial charge on any atom is 0.127 e. The Morgan fingerprint density at radius 1 is 1.41 bits per heavy atom. The quantitative estimate of drug-likeness (QED) is 0.890. The lowest BCUT2D eigenvalue weighted by atomic mass is 9.78. The van der Waals surface area contributed by atoms with E-state index in [0.29, 0.717) is 5.54 Å². The Hall–Kier alpha value is -0.730. The Kier molecular flexibility index (Phi) is 2.80. The van der Waals surface area contributed by atoms with E-state index in [1.165, 1.54) is 30.4 Å². The molecule has 0 radical (unpaired) electrons. The number of hydrogen-bond donors (Lipinski definition) is 1. The third-order valence-corrected chi connectivity index (χ3v) is 4.21. The molecule has 3 rings (SSSR count). The molecule has 0 amide bonds. The Labute approximate surface area is 107 Å². The van der Waals surface area contributed by atoms with Gasteiger partial charge in [0.15, 0.2) is 0 Å². The average Bonchev–Trinajstić information content (AvgIpc) is 2.71. The van der Waals surface area contributed by atoms with Crippen molar-refractivity contribution in [3.05, 3.63) is 28.3 Å². The minimum Gasteiger partial charge on any atom is -0.493 e. The zero-order valence-corrected chi connectivity index (χ0v) is 10.9. The van der Waals surface area contributed by atoms with Gasteiger partial charge < -0.3 is 10.1 Å². The molecule has 0 aromatic heterocycles. The third-order valence-electron chi connectivity index (χ3n) is 3.99. The van der Waals surface area contributed by atoms with E-state index in [2.05, 4.69) is 12.2 Å². The SMILES string of the molecule is CC1(NCc2cc(Cl)cc3c2OCC3)CCC1. The number of halogens is 1. The molecule has 1 aliphatic heterocycles. The number of nitrogens with one attached hydrogen (secondary N) is 1. The predicted octanol–water partition coefficient (Wildman–Crippen LogP) is 3.31. The first-order chi connectivity index (χ1) is 8.16. The van der Waals surface area contributed by atoms with Gasteiger partial charge in [0.05, 0.1) is 6.61 Å². The fourth-order valence-electron chi connectivity index (χ4n) is 2.67. The van der Waals surface area contributed by atoms with Crippen molar-refractivity contribution >= 4 is 11.6 Å². The number of fused-ring (bicyclic) bond motifs is 1. The summed E-state index contributed by atoms with van der Waals surface area (Å²) in [6, 6.07) is 4.05. The molecule has 17 heavy (non-hydrogen) atoms. The van der Waals surface area contributed by atoms with Crippen LogP contribution in [0.15, 0.2) is 12.1 Å². The summed E-state index contributed by atoms with van der Waals surface area (Å²) in [5, 5.41) is 4.45. The van der Waals surface area contributed by atoms with E-state index in [4.69, 9.17) is 16.3 Å². The molecular formula is C14H18ClNO. The van der Waals surface area contributed by atoms with E-state index >= 15 is 0 Å². The van der Waals surface area contributed by atoms with Gasteiger partial charge in [0.1, 0.15) is 5.75 Å². The Bertz CT molecular complexity index is 440. The standard InChI is InChI=1S/C14H18ClNO/c1-14(4-2-5-14)16-9-11-8-12(15)7-10-3-6-17-13(10)11/h7-8,16H,2-6,9H2,1H3. The van der Waals surface area contributed by atoms with Crippen LogP contribution < -0.4 is 10.1 Å². The van der Waals surface area contributed by atoms with Crippen molar-refractivity contribution in [1.82, 2.24) is 5.32 Å². The summed E-state index contributed by atoms with van der Waals surface area (Å²) < 4.78 is 5.70.